The summed E-state index contributed by atoms with van der Waals surface area (Å²) in [5.74, 6) is -2.15. The van der Waals surface area contributed by atoms with Crippen LogP contribution in [0.5, 0.6) is 5.75 Å². The van der Waals surface area contributed by atoms with E-state index < -0.39 is 23.3 Å². The van der Waals surface area contributed by atoms with Gasteiger partial charge in [-0.2, -0.15) is 0 Å². The summed E-state index contributed by atoms with van der Waals surface area (Å²) in [6.45, 7) is -0.162. The lowest BCUT2D eigenvalue weighted by atomic mass is 9.82. The fourth-order valence-corrected chi connectivity index (χ4v) is 2.61. The van der Waals surface area contributed by atoms with Gasteiger partial charge in [0.05, 0.1) is 5.54 Å². The van der Waals surface area contributed by atoms with Crippen molar-refractivity contribution in [1.29, 1.82) is 0 Å². The summed E-state index contributed by atoms with van der Waals surface area (Å²) < 4.78 is 31.0. The third kappa shape index (κ3) is 4.87. The summed E-state index contributed by atoms with van der Waals surface area (Å²) >= 11 is 0. The first-order valence-corrected chi connectivity index (χ1v) is 7.74. The second kappa shape index (κ2) is 7.70. The van der Waals surface area contributed by atoms with Crippen LogP contribution in [0.1, 0.15) is 32.1 Å². The quantitative estimate of drug-likeness (QED) is 0.738. The zero-order chi connectivity index (χ0) is 16.9. The monoisotopic (exact) mass is 328 g/mol. The number of ether oxygens (including phenoxy) is 1. The number of aliphatic hydroxyl groups is 1. The van der Waals surface area contributed by atoms with Crippen molar-refractivity contribution in [2.24, 2.45) is 5.73 Å². The molecule has 0 aromatic heterocycles. The van der Waals surface area contributed by atoms with Gasteiger partial charge < -0.3 is 20.9 Å². The number of nitrogens with one attached hydrogen (secondary N) is 1. The fourth-order valence-electron chi connectivity index (χ4n) is 2.61. The molecule has 0 spiro atoms. The average molecular weight is 328 g/mol. The lowest BCUT2D eigenvalue weighted by molar-refractivity contribution is -0.128. The van der Waals surface area contributed by atoms with Crippen LogP contribution < -0.4 is 15.8 Å². The van der Waals surface area contributed by atoms with Crippen LogP contribution in [-0.2, 0) is 4.79 Å². The molecule has 1 aliphatic carbocycles. The van der Waals surface area contributed by atoms with Gasteiger partial charge in [0.15, 0.2) is 11.6 Å². The molecule has 1 saturated carbocycles. The van der Waals surface area contributed by atoms with Crippen LogP contribution in [0.15, 0.2) is 18.2 Å². The predicted molar refractivity (Wildman–Crippen MR) is 80.9 cm³/mol. The van der Waals surface area contributed by atoms with Gasteiger partial charge in [0.25, 0.3) is 0 Å². The normalized spacial score (nSPS) is 18.3. The molecule has 1 atom stereocenters. The molecule has 4 N–H and O–H groups in total. The van der Waals surface area contributed by atoms with Crippen LogP contribution >= 0.6 is 0 Å². The highest BCUT2D eigenvalue weighted by atomic mass is 19.2. The number of carbonyl (C=O) groups is 1. The average Bonchev–Trinajstić information content (AvgIpc) is 2.54. The van der Waals surface area contributed by atoms with Crippen molar-refractivity contribution in [2.45, 2.75) is 43.7 Å². The van der Waals surface area contributed by atoms with Gasteiger partial charge in [-0.3, -0.25) is 4.79 Å². The van der Waals surface area contributed by atoms with Gasteiger partial charge in [-0.25, -0.2) is 8.78 Å². The van der Waals surface area contributed by atoms with Crippen LogP contribution in [0.2, 0.25) is 0 Å². The van der Waals surface area contributed by atoms with Crippen molar-refractivity contribution in [3.05, 3.63) is 29.8 Å². The third-order valence-corrected chi connectivity index (χ3v) is 4.03. The zero-order valence-corrected chi connectivity index (χ0v) is 12.9. The SMILES string of the molecule is NC1(C(=O)NCC(O)COc2ccc(F)c(F)c2)CCCCC1. The van der Waals surface area contributed by atoms with Gasteiger partial charge in [-0.05, 0) is 25.0 Å². The molecular weight excluding hydrogens is 306 g/mol. The number of nitrogens with two attached hydrogens (primary N) is 1. The molecule has 1 unspecified atom stereocenters. The van der Waals surface area contributed by atoms with Crippen molar-refractivity contribution in [3.8, 4) is 5.75 Å². The molecule has 0 radical (unpaired) electrons. The molecule has 2 rings (SSSR count). The maximum atomic E-state index is 13.0. The fraction of sp³-hybridized carbons (Fsp3) is 0.562. The highest BCUT2D eigenvalue weighted by molar-refractivity contribution is 5.86. The molecule has 1 aliphatic rings. The Morgan fingerprint density at radius 3 is 2.65 bits per heavy atom. The first kappa shape index (κ1) is 17.6. The first-order valence-electron chi connectivity index (χ1n) is 7.74. The summed E-state index contributed by atoms with van der Waals surface area (Å²) in [5.41, 5.74) is 5.22. The third-order valence-electron chi connectivity index (χ3n) is 4.03. The molecule has 0 saturated heterocycles. The number of benzene rings is 1. The molecule has 1 amide bonds. The van der Waals surface area contributed by atoms with Crippen LogP contribution in [0.3, 0.4) is 0 Å². The van der Waals surface area contributed by atoms with E-state index in [0.29, 0.717) is 12.8 Å². The van der Waals surface area contributed by atoms with Crippen LogP contribution in [-0.4, -0.2) is 35.8 Å². The number of halogens is 2. The molecule has 23 heavy (non-hydrogen) atoms. The predicted octanol–water partition coefficient (Wildman–Crippen LogP) is 1.48. The summed E-state index contributed by atoms with van der Waals surface area (Å²) in [7, 11) is 0. The van der Waals surface area contributed by atoms with Crippen molar-refractivity contribution < 1.29 is 23.4 Å². The van der Waals surface area contributed by atoms with Gasteiger partial charge in [0.2, 0.25) is 5.91 Å². The standard InChI is InChI=1S/C16H22F2N2O3/c17-13-5-4-12(8-14(13)18)23-10-11(21)9-20-15(22)16(19)6-2-1-3-7-16/h4-5,8,11,21H,1-3,6-7,9-10,19H2,(H,20,22). The molecule has 0 bridgehead atoms. The number of carbonyl (C=O) groups excluding carboxylic acids is 1. The van der Waals surface area contributed by atoms with E-state index in [9.17, 15) is 18.7 Å². The highest BCUT2D eigenvalue weighted by Crippen LogP contribution is 2.25. The largest absolute Gasteiger partial charge is 0.491 e. The van der Waals surface area contributed by atoms with Crippen LogP contribution in [0, 0.1) is 11.6 Å². The summed E-state index contributed by atoms with van der Waals surface area (Å²) in [4.78, 5) is 12.1. The minimum atomic E-state index is -1.02. The Hall–Kier alpha value is -1.73. The Bertz CT molecular complexity index is 548. The molecule has 5 nitrogen and oxygen atoms in total. The molecule has 1 aromatic carbocycles. The van der Waals surface area contributed by atoms with Gasteiger partial charge in [0, 0.05) is 12.6 Å². The van der Waals surface area contributed by atoms with E-state index in [-0.39, 0.29) is 24.8 Å². The smallest absolute Gasteiger partial charge is 0.240 e. The second-order valence-electron chi connectivity index (χ2n) is 5.97. The molecule has 0 heterocycles. The van der Waals surface area contributed by atoms with Crippen molar-refractivity contribution in [1.82, 2.24) is 5.32 Å². The van der Waals surface area contributed by atoms with Gasteiger partial charge in [-0.1, -0.05) is 19.3 Å². The Morgan fingerprint density at radius 2 is 2.00 bits per heavy atom. The molecule has 1 fully saturated rings. The lowest BCUT2D eigenvalue weighted by Gasteiger charge is -2.32. The van der Waals surface area contributed by atoms with E-state index in [1.54, 1.807) is 0 Å². The van der Waals surface area contributed by atoms with E-state index in [2.05, 4.69) is 5.32 Å². The molecule has 7 heteroatoms. The topological polar surface area (TPSA) is 84.6 Å². The minimum absolute atomic E-state index is 0.0124. The van der Waals surface area contributed by atoms with Gasteiger partial charge >= 0.3 is 0 Å². The Labute approximate surface area is 133 Å². The van der Waals surface area contributed by atoms with Crippen LogP contribution in [0.4, 0.5) is 8.78 Å². The number of rotatable bonds is 6. The Kier molecular flexibility index (Phi) is 5.90. The summed E-state index contributed by atoms with van der Waals surface area (Å²) in [5, 5.41) is 12.4. The summed E-state index contributed by atoms with van der Waals surface area (Å²) in [6, 6.07) is 3.11. The Morgan fingerprint density at radius 1 is 1.30 bits per heavy atom. The maximum absolute atomic E-state index is 13.0. The van der Waals surface area contributed by atoms with E-state index in [1.165, 1.54) is 6.07 Å². The van der Waals surface area contributed by atoms with Crippen molar-refractivity contribution >= 4 is 5.91 Å². The zero-order valence-electron chi connectivity index (χ0n) is 12.9. The number of hydrogen-bond acceptors (Lipinski definition) is 4. The molecule has 128 valence electrons. The number of amides is 1. The van der Waals surface area contributed by atoms with E-state index in [4.69, 9.17) is 10.5 Å². The number of aliphatic hydroxyl groups excluding tert-OH is 1. The van der Waals surface area contributed by atoms with Crippen molar-refractivity contribution in [3.63, 3.8) is 0 Å². The summed E-state index contributed by atoms with van der Waals surface area (Å²) in [6.07, 6.45) is 3.23. The Balaban J connectivity index is 1.75. The maximum Gasteiger partial charge on any atom is 0.240 e. The molecule has 0 aliphatic heterocycles. The minimum Gasteiger partial charge on any atom is -0.491 e. The number of hydrogen-bond donors (Lipinski definition) is 3. The first-order chi connectivity index (χ1) is 10.9. The highest BCUT2D eigenvalue weighted by Gasteiger charge is 2.35. The van der Waals surface area contributed by atoms with Gasteiger partial charge in [-0.15, -0.1) is 0 Å². The molecular formula is C16H22F2N2O3. The van der Waals surface area contributed by atoms with E-state index >= 15 is 0 Å². The molecule has 1 aromatic rings. The second-order valence-corrected chi connectivity index (χ2v) is 5.97. The lowest BCUT2D eigenvalue weighted by Crippen LogP contribution is -2.56. The van der Waals surface area contributed by atoms with E-state index in [0.717, 1.165) is 31.4 Å². The van der Waals surface area contributed by atoms with Crippen molar-refractivity contribution in [2.75, 3.05) is 13.2 Å². The van der Waals surface area contributed by atoms with E-state index in [1.807, 2.05) is 0 Å². The van der Waals surface area contributed by atoms with Gasteiger partial charge in [0.1, 0.15) is 18.5 Å². The van der Waals surface area contributed by atoms with Crippen LogP contribution in [0.25, 0.3) is 0 Å².